The van der Waals surface area contributed by atoms with Crippen molar-refractivity contribution >= 4 is 5.91 Å². The van der Waals surface area contributed by atoms with Crippen LogP contribution in [-0.2, 0) is 34.8 Å². The van der Waals surface area contributed by atoms with E-state index in [0.717, 1.165) is 43.9 Å². The molecule has 1 atom stereocenters. The van der Waals surface area contributed by atoms with E-state index in [9.17, 15) is 4.79 Å². The maximum absolute atomic E-state index is 13.0. The van der Waals surface area contributed by atoms with Crippen LogP contribution < -0.4 is 5.32 Å². The number of aromatic nitrogens is 2. The first-order valence-corrected chi connectivity index (χ1v) is 11.0. The monoisotopic (exact) mass is 416 g/mol. The molecular weight excluding hydrogens is 388 g/mol. The number of fused-ring (bicyclic) bond motifs is 2. The van der Waals surface area contributed by atoms with Gasteiger partial charge in [0.1, 0.15) is 11.4 Å². The van der Waals surface area contributed by atoms with Gasteiger partial charge in [-0.2, -0.15) is 0 Å². The first-order chi connectivity index (χ1) is 15.2. The van der Waals surface area contributed by atoms with E-state index in [1.54, 1.807) is 0 Å². The maximum atomic E-state index is 13.0. The zero-order valence-corrected chi connectivity index (χ0v) is 17.6. The van der Waals surface area contributed by atoms with Gasteiger partial charge in [-0.15, -0.1) is 0 Å². The minimum absolute atomic E-state index is 0.0608. The van der Waals surface area contributed by atoms with Crippen LogP contribution in [0.25, 0.3) is 0 Å². The van der Waals surface area contributed by atoms with Crippen LogP contribution in [0.15, 0.2) is 73.1 Å². The Morgan fingerprint density at radius 3 is 2.42 bits per heavy atom. The van der Waals surface area contributed by atoms with Crippen molar-refractivity contribution in [3.63, 3.8) is 0 Å². The molecule has 3 aromatic rings. The van der Waals surface area contributed by atoms with Gasteiger partial charge in [0.25, 0.3) is 5.91 Å². The summed E-state index contributed by atoms with van der Waals surface area (Å²) >= 11 is 0. The summed E-state index contributed by atoms with van der Waals surface area (Å²) in [5.74, 6) is 0.897. The molecular formula is C25H28N4O2. The first-order valence-electron chi connectivity index (χ1n) is 11.0. The molecule has 0 radical (unpaired) electrons. The third-order valence-corrected chi connectivity index (χ3v) is 6.37. The second kappa shape index (κ2) is 8.65. The summed E-state index contributed by atoms with van der Waals surface area (Å²) in [7, 11) is 0. The zero-order chi connectivity index (χ0) is 21.1. The number of rotatable bonds is 5. The fourth-order valence-corrected chi connectivity index (χ4v) is 4.69. The third kappa shape index (κ3) is 4.27. The number of carbonyl (C=O) groups is 1. The highest BCUT2D eigenvalue weighted by atomic mass is 16.5. The van der Waals surface area contributed by atoms with Crippen molar-refractivity contribution in [2.75, 3.05) is 13.1 Å². The lowest BCUT2D eigenvalue weighted by atomic mass is 9.88. The van der Waals surface area contributed by atoms with E-state index < -0.39 is 11.7 Å². The van der Waals surface area contributed by atoms with E-state index in [1.807, 2.05) is 48.8 Å². The van der Waals surface area contributed by atoms with E-state index in [1.165, 1.54) is 5.56 Å². The van der Waals surface area contributed by atoms with Gasteiger partial charge in [0.2, 0.25) is 0 Å². The Kier molecular flexibility index (Phi) is 5.57. The van der Waals surface area contributed by atoms with Gasteiger partial charge < -0.3 is 14.6 Å². The van der Waals surface area contributed by atoms with Crippen LogP contribution in [0.2, 0.25) is 0 Å². The molecule has 1 saturated heterocycles. The molecule has 2 aliphatic rings. The number of piperidine rings is 1. The lowest BCUT2D eigenvalue weighted by molar-refractivity contribution is -0.174. The van der Waals surface area contributed by atoms with Crippen LogP contribution in [0.5, 0.6) is 0 Å². The molecule has 1 spiro atoms. The highest BCUT2D eigenvalue weighted by Gasteiger charge is 2.47. The highest BCUT2D eigenvalue weighted by Crippen LogP contribution is 2.40. The quantitative estimate of drug-likeness (QED) is 0.694. The molecule has 0 aliphatic carbocycles. The van der Waals surface area contributed by atoms with Crippen molar-refractivity contribution < 1.29 is 9.53 Å². The number of hydrogen-bond acceptors (Lipinski definition) is 4. The van der Waals surface area contributed by atoms with Crippen molar-refractivity contribution in [3.8, 4) is 0 Å². The topological polar surface area (TPSA) is 59.4 Å². The molecule has 1 fully saturated rings. The van der Waals surface area contributed by atoms with Crippen LogP contribution in [-0.4, -0.2) is 39.6 Å². The lowest BCUT2D eigenvalue weighted by Crippen LogP contribution is -2.53. The van der Waals surface area contributed by atoms with Crippen LogP contribution in [0.1, 0.15) is 29.8 Å². The second-order valence-corrected chi connectivity index (χ2v) is 8.47. The number of nitrogens with zero attached hydrogens (tertiary/aromatic N) is 3. The number of carbonyl (C=O) groups excluding carboxylic acids is 1. The minimum Gasteiger partial charge on any atom is -0.352 e. The van der Waals surface area contributed by atoms with Crippen molar-refractivity contribution in [1.29, 1.82) is 0 Å². The fourth-order valence-electron chi connectivity index (χ4n) is 4.69. The van der Waals surface area contributed by atoms with Gasteiger partial charge in [0.05, 0.1) is 6.54 Å². The molecule has 31 heavy (non-hydrogen) atoms. The zero-order valence-electron chi connectivity index (χ0n) is 17.6. The summed E-state index contributed by atoms with van der Waals surface area (Å²) in [5, 5.41) is 3.05. The smallest absolute Gasteiger partial charge is 0.251 e. The van der Waals surface area contributed by atoms with Gasteiger partial charge in [-0.05, 0) is 24.0 Å². The van der Waals surface area contributed by atoms with Crippen LogP contribution in [0, 0.1) is 0 Å². The minimum atomic E-state index is -0.508. The van der Waals surface area contributed by atoms with Gasteiger partial charge in [0, 0.05) is 38.6 Å². The average molecular weight is 417 g/mol. The van der Waals surface area contributed by atoms with Crippen LogP contribution in [0.3, 0.4) is 0 Å². The SMILES string of the molecule is O=C(NCc1ccccc1)C1Cn2ccnc2C2(CCN(Cc3ccccc3)CC2)O1. The summed E-state index contributed by atoms with van der Waals surface area (Å²) in [6.07, 6.45) is 4.94. The Morgan fingerprint density at radius 2 is 1.71 bits per heavy atom. The number of benzene rings is 2. The molecule has 5 rings (SSSR count). The number of imidazole rings is 1. The van der Waals surface area contributed by atoms with Crippen LogP contribution in [0.4, 0.5) is 0 Å². The van der Waals surface area contributed by atoms with Gasteiger partial charge in [0.15, 0.2) is 6.10 Å². The Morgan fingerprint density at radius 1 is 1.03 bits per heavy atom. The Labute approximate surface area is 182 Å². The van der Waals surface area contributed by atoms with Gasteiger partial charge >= 0.3 is 0 Å². The largest absolute Gasteiger partial charge is 0.352 e. The highest BCUT2D eigenvalue weighted by molar-refractivity contribution is 5.80. The van der Waals surface area contributed by atoms with Gasteiger partial charge in [-0.3, -0.25) is 9.69 Å². The molecule has 0 bridgehead atoms. The summed E-state index contributed by atoms with van der Waals surface area (Å²) in [5.41, 5.74) is 1.91. The van der Waals surface area contributed by atoms with Crippen LogP contribution >= 0.6 is 0 Å². The number of amides is 1. The lowest BCUT2D eigenvalue weighted by Gasteiger charge is -2.45. The maximum Gasteiger partial charge on any atom is 0.251 e. The number of nitrogens with one attached hydrogen (secondary N) is 1. The van der Waals surface area contributed by atoms with E-state index in [-0.39, 0.29) is 5.91 Å². The predicted molar refractivity (Wildman–Crippen MR) is 118 cm³/mol. The van der Waals surface area contributed by atoms with Crippen molar-refractivity contribution in [2.45, 2.75) is 44.2 Å². The molecule has 1 aromatic heterocycles. The molecule has 6 heteroatoms. The molecule has 2 aliphatic heterocycles. The molecule has 3 heterocycles. The standard InChI is InChI=1S/C25H28N4O2/c30-23(27-17-20-7-3-1-4-8-20)22-19-29-16-13-26-24(29)25(31-22)11-14-28(15-12-25)18-21-9-5-2-6-10-21/h1-10,13,16,22H,11-12,14-15,17-19H2,(H,27,30). The average Bonchev–Trinajstić information content (AvgIpc) is 3.30. The summed E-state index contributed by atoms with van der Waals surface area (Å²) in [6, 6.07) is 20.5. The summed E-state index contributed by atoms with van der Waals surface area (Å²) in [6.45, 7) is 3.78. The Bertz CT molecular complexity index is 1010. The fraction of sp³-hybridized carbons (Fsp3) is 0.360. The molecule has 6 nitrogen and oxygen atoms in total. The number of hydrogen-bond donors (Lipinski definition) is 1. The first kappa shape index (κ1) is 20.0. The Balaban J connectivity index is 1.26. The Hall–Kier alpha value is -2.96. The normalized spacial score (nSPS) is 20.3. The summed E-state index contributed by atoms with van der Waals surface area (Å²) < 4.78 is 8.63. The molecule has 1 N–H and O–H groups in total. The van der Waals surface area contributed by atoms with Crippen molar-refractivity contribution in [2.24, 2.45) is 0 Å². The molecule has 0 saturated carbocycles. The third-order valence-electron chi connectivity index (χ3n) is 6.37. The second-order valence-electron chi connectivity index (χ2n) is 8.47. The number of ether oxygens (including phenoxy) is 1. The molecule has 1 amide bonds. The van der Waals surface area contributed by atoms with E-state index in [2.05, 4.69) is 44.0 Å². The molecule has 160 valence electrons. The molecule has 1 unspecified atom stereocenters. The van der Waals surface area contributed by atoms with Crippen molar-refractivity contribution in [3.05, 3.63) is 90.0 Å². The van der Waals surface area contributed by atoms with E-state index in [4.69, 9.17) is 4.74 Å². The van der Waals surface area contributed by atoms with E-state index >= 15 is 0 Å². The molecule has 2 aromatic carbocycles. The van der Waals surface area contributed by atoms with Gasteiger partial charge in [-0.25, -0.2) is 4.98 Å². The number of likely N-dealkylation sites (tertiary alicyclic amines) is 1. The predicted octanol–water partition coefficient (Wildman–Crippen LogP) is 3.09. The van der Waals surface area contributed by atoms with Crippen molar-refractivity contribution in [1.82, 2.24) is 19.8 Å². The van der Waals surface area contributed by atoms with Gasteiger partial charge in [-0.1, -0.05) is 60.7 Å². The summed E-state index contributed by atoms with van der Waals surface area (Å²) in [4.78, 5) is 20.0. The van der Waals surface area contributed by atoms with E-state index in [0.29, 0.717) is 13.1 Å².